The molecule has 0 saturated heterocycles. The first kappa shape index (κ1) is 23.5. The zero-order chi connectivity index (χ0) is 23.7. The van der Waals surface area contributed by atoms with Crippen LogP contribution in [-0.4, -0.2) is 22.9 Å². The van der Waals surface area contributed by atoms with Crippen molar-refractivity contribution >= 4 is 46.7 Å². The van der Waals surface area contributed by atoms with E-state index in [2.05, 4.69) is 4.99 Å². The number of carbonyl (C=O) groups excluding carboxylic acids is 1. The number of hydrogen-bond acceptors (Lipinski definition) is 6. The van der Waals surface area contributed by atoms with E-state index in [1.165, 1.54) is 11.3 Å². The standard InChI is InChI=1S/C25H23ClN2O3S2/c1-14(2)31-24(30)21-15(3)27-25-28(22(21)17-7-11-19(32-4)12-8-17)23(29)20(33-25)13-16-5-9-18(26)10-6-16/h5-14,22H,1-4H3/b20-13-/t22-/m0/s1. The second-order valence-corrected chi connectivity index (χ2v) is 10.2. The highest BCUT2D eigenvalue weighted by molar-refractivity contribution is 7.98. The maximum Gasteiger partial charge on any atom is 0.338 e. The summed E-state index contributed by atoms with van der Waals surface area (Å²) in [7, 11) is 0. The van der Waals surface area contributed by atoms with Crippen molar-refractivity contribution in [2.45, 2.75) is 37.8 Å². The van der Waals surface area contributed by atoms with Gasteiger partial charge in [0.05, 0.1) is 27.9 Å². The van der Waals surface area contributed by atoms with E-state index in [1.54, 1.807) is 49.2 Å². The smallest absolute Gasteiger partial charge is 0.338 e. The van der Waals surface area contributed by atoms with E-state index >= 15 is 0 Å². The van der Waals surface area contributed by atoms with E-state index < -0.39 is 12.0 Å². The van der Waals surface area contributed by atoms with Gasteiger partial charge in [0.25, 0.3) is 5.56 Å². The molecule has 0 radical (unpaired) electrons. The third kappa shape index (κ3) is 4.86. The first-order chi connectivity index (χ1) is 15.8. The Morgan fingerprint density at radius 3 is 2.45 bits per heavy atom. The van der Waals surface area contributed by atoms with Gasteiger partial charge in [-0.15, -0.1) is 11.8 Å². The maximum absolute atomic E-state index is 13.6. The minimum Gasteiger partial charge on any atom is -0.459 e. The first-order valence-electron chi connectivity index (χ1n) is 10.4. The van der Waals surface area contributed by atoms with Crippen LogP contribution in [-0.2, 0) is 9.53 Å². The summed E-state index contributed by atoms with van der Waals surface area (Å²) in [6.45, 7) is 5.39. The van der Waals surface area contributed by atoms with E-state index in [0.29, 0.717) is 25.6 Å². The number of fused-ring (bicyclic) bond motifs is 1. The Bertz CT molecular complexity index is 1400. The molecule has 33 heavy (non-hydrogen) atoms. The highest BCUT2D eigenvalue weighted by atomic mass is 35.5. The second kappa shape index (κ2) is 9.71. The fraction of sp³-hybridized carbons (Fsp3) is 0.240. The van der Waals surface area contributed by atoms with Gasteiger partial charge >= 0.3 is 5.97 Å². The Morgan fingerprint density at radius 2 is 1.85 bits per heavy atom. The summed E-state index contributed by atoms with van der Waals surface area (Å²) in [5.41, 5.74) is 2.43. The van der Waals surface area contributed by atoms with Gasteiger partial charge in [0.1, 0.15) is 0 Å². The summed E-state index contributed by atoms with van der Waals surface area (Å²) >= 11 is 8.93. The van der Waals surface area contributed by atoms with Gasteiger partial charge < -0.3 is 4.74 Å². The Labute approximate surface area is 205 Å². The van der Waals surface area contributed by atoms with E-state index in [4.69, 9.17) is 16.3 Å². The Balaban J connectivity index is 1.92. The molecule has 0 aliphatic carbocycles. The number of thiazole rings is 1. The highest BCUT2D eigenvalue weighted by Gasteiger charge is 2.33. The van der Waals surface area contributed by atoms with Crippen LogP contribution >= 0.6 is 34.7 Å². The van der Waals surface area contributed by atoms with Crippen LogP contribution in [0.3, 0.4) is 0 Å². The monoisotopic (exact) mass is 498 g/mol. The normalized spacial score (nSPS) is 16.1. The fourth-order valence-electron chi connectivity index (χ4n) is 3.67. The van der Waals surface area contributed by atoms with Gasteiger partial charge in [0.15, 0.2) is 4.80 Å². The molecule has 170 valence electrons. The molecule has 0 amide bonds. The highest BCUT2D eigenvalue weighted by Crippen LogP contribution is 2.32. The molecule has 1 aliphatic heterocycles. The Hall–Kier alpha value is -2.61. The van der Waals surface area contributed by atoms with Gasteiger partial charge in [0, 0.05) is 9.92 Å². The second-order valence-electron chi connectivity index (χ2n) is 7.86. The predicted octanol–water partition coefficient (Wildman–Crippen LogP) is 4.56. The molecule has 0 unspecified atom stereocenters. The lowest BCUT2D eigenvalue weighted by molar-refractivity contribution is -0.143. The molecule has 8 heteroatoms. The number of thioether (sulfide) groups is 1. The SMILES string of the molecule is CSc1ccc([C@H]2C(C(=O)OC(C)C)=C(C)N=c3s/c(=C\c4ccc(Cl)cc4)c(=O)n32)cc1. The molecule has 2 aromatic carbocycles. The number of aromatic nitrogens is 1. The van der Waals surface area contributed by atoms with Gasteiger partial charge in [-0.3, -0.25) is 9.36 Å². The van der Waals surface area contributed by atoms with Gasteiger partial charge in [-0.25, -0.2) is 9.79 Å². The molecular formula is C25H23ClN2O3S2. The van der Waals surface area contributed by atoms with Crippen molar-refractivity contribution in [3.05, 3.63) is 95.6 Å². The molecule has 0 fully saturated rings. The number of carbonyl (C=O) groups is 1. The van der Waals surface area contributed by atoms with Gasteiger partial charge in [-0.05, 0) is 68.5 Å². The van der Waals surface area contributed by atoms with Crippen molar-refractivity contribution < 1.29 is 9.53 Å². The van der Waals surface area contributed by atoms with Crippen molar-refractivity contribution in [3.8, 4) is 0 Å². The fourth-order valence-corrected chi connectivity index (χ4v) is 5.25. The van der Waals surface area contributed by atoms with Crippen LogP contribution in [0.2, 0.25) is 5.02 Å². The molecule has 3 aromatic rings. The van der Waals surface area contributed by atoms with Crippen LogP contribution < -0.4 is 14.9 Å². The molecule has 0 N–H and O–H groups in total. The molecule has 1 aliphatic rings. The lowest BCUT2D eigenvalue weighted by Gasteiger charge is -2.25. The molecule has 2 heterocycles. The van der Waals surface area contributed by atoms with Gasteiger partial charge in [0.2, 0.25) is 0 Å². The topological polar surface area (TPSA) is 60.7 Å². The number of nitrogens with zero attached hydrogens (tertiary/aromatic N) is 2. The van der Waals surface area contributed by atoms with Crippen LogP contribution in [0.5, 0.6) is 0 Å². The number of allylic oxidation sites excluding steroid dienone is 1. The number of benzene rings is 2. The maximum atomic E-state index is 13.6. The first-order valence-corrected chi connectivity index (χ1v) is 12.8. The number of esters is 1. The van der Waals surface area contributed by atoms with Crippen molar-refractivity contribution in [1.82, 2.24) is 4.57 Å². The zero-order valence-electron chi connectivity index (χ0n) is 18.7. The van der Waals surface area contributed by atoms with Crippen LogP contribution in [0.25, 0.3) is 6.08 Å². The zero-order valence-corrected chi connectivity index (χ0v) is 21.1. The molecule has 1 atom stereocenters. The molecule has 5 nitrogen and oxygen atoms in total. The lowest BCUT2D eigenvalue weighted by atomic mass is 9.96. The quantitative estimate of drug-likeness (QED) is 0.382. The average molecular weight is 499 g/mol. The number of halogens is 1. The van der Waals surface area contributed by atoms with E-state index in [1.807, 2.05) is 48.7 Å². The van der Waals surface area contributed by atoms with E-state index in [0.717, 1.165) is 16.0 Å². The van der Waals surface area contributed by atoms with Crippen LogP contribution in [0.15, 0.2) is 74.5 Å². The van der Waals surface area contributed by atoms with Crippen LogP contribution in [0.1, 0.15) is 37.9 Å². The summed E-state index contributed by atoms with van der Waals surface area (Å²) in [6.07, 6.45) is 3.54. The predicted molar refractivity (Wildman–Crippen MR) is 135 cm³/mol. The summed E-state index contributed by atoms with van der Waals surface area (Å²) in [5.74, 6) is -0.461. The number of rotatable bonds is 5. The third-order valence-electron chi connectivity index (χ3n) is 5.18. The molecule has 4 rings (SSSR count). The van der Waals surface area contributed by atoms with Crippen molar-refractivity contribution in [3.63, 3.8) is 0 Å². The minimum absolute atomic E-state index is 0.199. The van der Waals surface area contributed by atoms with Gasteiger partial charge in [-0.1, -0.05) is 47.2 Å². The summed E-state index contributed by atoms with van der Waals surface area (Å²) in [6, 6.07) is 14.5. The molecular weight excluding hydrogens is 476 g/mol. The minimum atomic E-state index is -0.615. The van der Waals surface area contributed by atoms with Crippen molar-refractivity contribution in [2.75, 3.05) is 6.26 Å². The molecule has 0 bridgehead atoms. The third-order valence-corrected chi connectivity index (χ3v) is 7.16. The average Bonchev–Trinajstić information content (AvgIpc) is 3.08. The van der Waals surface area contributed by atoms with Crippen LogP contribution in [0.4, 0.5) is 0 Å². The largest absolute Gasteiger partial charge is 0.459 e. The summed E-state index contributed by atoms with van der Waals surface area (Å²) in [5, 5.41) is 0.631. The van der Waals surface area contributed by atoms with E-state index in [-0.39, 0.29) is 11.7 Å². The van der Waals surface area contributed by atoms with Crippen molar-refractivity contribution in [1.29, 1.82) is 0 Å². The van der Waals surface area contributed by atoms with Gasteiger partial charge in [-0.2, -0.15) is 0 Å². The Kier molecular flexibility index (Phi) is 6.93. The number of ether oxygens (including phenoxy) is 1. The molecule has 0 saturated carbocycles. The molecule has 1 aromatic heterocycles. The Morgan fingerprint density at radius 1 is 1.18 bits per heavy atom. The molecule has 0 spiro atoms. The summed E-state index contributed by atoms with van der Waals surface area (Å²) < 4.78 is 7.67. The number of hydrogen-bond donors (Lipinski definition) is 0. The summed E-state index contributed by atoms with van der Waals surface area (Å²) in [4.78, 5) is 32.9. The van der Waals surface area contributed by atoms with Crippen LogP contribution in [0, 0.1) is 0 Å². The lowest BCUT2D eigenvalue weighted by Crippen LogP contribution is -2.40. The van der Waals surface area contributed by atoms with Crippen molar-refractivity contribution in [2.24, 2.45) is 4.99 Å². The van der Waals surface area contributed by atoms with E-state index in [9.17, 15) is 9.59 Å².